The third-order valence-electron chi connectivity index (χ3n) is 12.0. The van der Waals surface area contributed by atoms with Crippen molar-refractivity contribution in [1.29, 1.82) is 0 Å². The quantitative estimate of drug-likeness (QED) is 0.219. The lowest BCUT2D eigenvalue weighted by Crippen LogP contribution is -2.53. The predicted octanol–water partition coefficient (Wildman–Crippen LogP) is 3.11. The zero-order valence-corrected chi connectivity index (χ0v) is 34.5. The van der Waals surface area contributed by atoms with Crippen LogP contribution in [-0.4, -0.2) is 124 Å². The highest BCUT2D eigenvalue weighted by molar-refractivity contribution is 5.78. The summed E-state index contributed by atoms with van der Waals surface area (Å²) in [5, 5.41) is 20.7. The molecule has 1 aromatic carbocycles. The van der Waals surface area contributed by atoms with E-state index in [1.807, 2.05) is 62.9 Å². The van der Waals surface area contributed by atoms with Gasteiger partial charge in [0.1, 0.15) is 18.2 Å². The molecule has 10 heterocycles. The first kappa shape index (κ1) is 39.7. The van der Waals surface area contributed by atoms with Gasteiger partial charge in [-0.1, -0.05) is 30.3 Å². The number of rotatable bonds is 6. The molecule has 2 spiro atoms. The first-order valence-corrected chi connectivity index (χ1v) is 20.7. The van der Waals surface area contributed by atoms with Crippen molar-refractivity contribution < 1.29 is 28.5 Å². The number of nitrogens with two attached hydrogens (primary N) is 2. The van der Waals surface area contributed by atoms with Crippen molar-refractivity contribution in [2.45, 2.75) is 42.9 Å². The van der Waals surface area contributed by atoms with Crippen LogP contribution in [0.4, 0.5) is 16.4 Å². The van der Waals surface area contributed by atoms with Gasteiger partial charge in [-0.3, -0.25) is 9.36 Å². The molecule has 0 bridgehead atoms. The zero-order valence-electron chi connectivity index (χ0n) is 34.5. The molecule has 0 saturated carbocycles. The fourth-order valence-corrected chi connectivity index (χ4v) is 8.91. The average molecular weight is 845 g/mol. The standard InChI is InChI=1S/C25H27N7O4.C17H21N7O2/c1-30-14-18(12-27-30)19-13-28-32-22(26)11-21(29-23(19)32)20-15-31(8-7-25(20)35-9-10-36-25)24(33)34-16-17-5-3-2-4-6-17;1-23-10-11(7-20-23)12-8-21-24-15(18)6-14(22-16(12)24)13-9-19-3-2-17(13)25-4-5-26-17/h2-6,11-14,20H,7-10,15-16,26H2,1H3;6-8,10,13,19H,2-5,9,18H2,1H3. The van der Waals surface area contributed by atoms with Gasteiger partial charge in [0.25, 0.3) is 0 Å². The van der Waals surface area contributed by atoms with Gasteiger partial charge in [-0.25, -0.2) is 14.8 Å². The van der Waals surface area contributed by atoms with E-state index >= 15 is 0 Å². The number of amides is 1. The second-order valence-corrected chi connectivity index (χ2v) is 15.9. The predicted molar refractivity (Wildman–Crippen MR) is 224 cm³/mol. The monoisotopic (exact) mass is 844 g/mol. The Morgan fingerprint density at radius 3 is 1.85 bits per heavy atom. The lowest BCUT2D eigenvalue weighted by molar-refractivity contribution is -0.197. The third kappa shape index (κ3) is 7.28. The minimum Gasteiger partial charge on any atom is -0.445 e. The van der Waals surface area contributed by atoms with Crippen LogP contribution in [-0.2, 0) is 44.4 Å². The second-order valence-electron chi connectivity index (χ2n) is 15.9. The van der Waals surface area contributed by atoms with Gasteiger partial charge in [-0.05, 0) is 5.56 Å². The molecule has 2 atom stereocenters. The fraction of sp³-hybridized carbons (Fsp3) is 0.405. The number of carbonyl (C=O) groups excluding carboxylic acids is 1. The summed E-state index contributed by atoms with van der Waals surface area (Å²) in [6.45, 7) is 4.79. The molecular formula is C42H48N14O6. The van der Waals surface area contributed by atoms with Gasteiger partial charge in [0.15, 0.2) is 22.9 Å². The number of hydrogen-bond acceptors (Lipinski definition) is 15. The van der Waals surface area contributed by atoms with E-state index in [-0.39, 0.29) is 24.5 Å². The lowest BCUT2D eigenvalue weighted by Gasteiger charge is -2.43. The smallest absolute Gasteiger partial charge is 0.410 e. The summed E-state index contributed by atoms with van der Waals surface area (Å²) < 4.78 is 36.7. The molecule has 5 N–H and O–H groups in total. The Hall–Kier alpha value is -6.45. The Morgan fingerprint density at radius 2 is 1.31 bits per heavy atom. The minimum absolute atomic E-state index is 0.0253. The number of likely N-dealkylation sites (tertiary alicyclic amines) is 1. The number of aromatic nitrogens is 10. The Bertz CT molecular complexity index is 2720. The van der Waals surface area contributed by atoms with Gasteiger partial charge in [0.2, 0.25) is 0 Å². The van der Waals surface area contributed by atoms with E-state index in [1.165, 1.54) is 0 Å². The van der Waals surface area contributed by atoms with Crippen LogP contribution in [0, 0.1) is 0 Å². The number of nitrogen functional groups attached to an aromatic ring is 2. The van der Waals surface area contributed by atoms with Gasteiger partial charge in [-0.15, -0.1) is 0 Å². The van der Waals surface area contributed by atoms with E-state index in [9.17, 15) is 4.79 Å². The number of benzene rings is 1. The van der Waals surface area contributed by atoms with Crippen molar-refractivity contribution in [2.24, 2.45) is 14.1 Å². The third-order valence-corrected chi connectivity index (χ3v) is 12.0. The Kier molecular flexibility index (Phi) is 10.3. The van der Waals surface area contributed by atoms with Crippen molar-refractivity contribution in [1.82, 2.24) is 59.0 Å². The van der Waals surface area contributed by atoms with Crippen molar-refractivity contribution in [3.05, 3.63) is 96.6 Å². The number of aryl methyl sites for hydroxylation is 2. The molecule has 2 unspecified atom stereocenters. The largest absolute Gasteiger partial charge is 0.445 e. The molecule has 6 aromatic heterocycles. The van der Waals surface area contributed by atoms with Crippen LogP contribution in [0.15, 0.2) is 79.6 Å². The SMILES string of the molecule is Cn1cc(-c2cnn3c(N)cc(C4CN(C(=O)OCc5ccccc5)CCC45OCCO5)nc23)cn1.Cn1cc(-c2cnn3c(N)cc(C4CNCCC45OCCO5)nc23)cn1. The molecule has 322 valence electrons. The van der Waals surface area contributed by atoms with Crippen LogP contribution < -0.4 is 16.8 Å². The van der Waals surface area contributed by atoms with Crippen molar-refractivity contribution in [3.8, 4) is 22.3 Å². The number of hydrogen-bond donors (Lipinski definition) is 3. The molecule has 11 rings (SSSR count). The molecule has 0 aliphatic carbocycles. The van der Waals surface area contributed by atoms with E-state index in [0.717, 1.165) is 53.0 Å². The highest BCUT2D eigenvalue weighted by Gasteiger charge is 2.51. The first-order chi connectivity index (χ1) is 30.2. The number of anilines is 2. The molecule has 4 saturated heterocycles. The molecular weight excluding hydrogens is 797 g/mol. The number of fused-ring (bicyclic) bond motifs is 2. The minimum atomic E-state index is -0.873. The Morgan fingerprint density at radius 1 is 0.758 bits per heavy atom. The van der Waals surface area contributed by atoms with Crippen LogP contribution in [0.3, 0.4) is 0 Å². The highest BCUT2D eigenvalue weighted by Crippen LogP contribution is 2.43. The fourth-order valence-electron chi connectivity index (χ4n) is 8.91. The summed E-state index contributed by atoms with van der Waals surface area (Å²) in [6, 6.07) is 13.3. The second kappa shape index (κ2) is 16.1. The summed E-state index contributed by atoms with van der Waals surface area (Å²) in [5.41, 5.74) is 20.0. The van der Waals surface area contributed by atoms with E-state index in [4.69, 9.17) is 45.1 Å². The van der Waals surface area contributed by atoms with Gasteiger partial charge in [0.05, 0.1) is 74.4 Å². The maximum Gasteiger partial charge on any atom is 0.410 e. The number of nitrogens with one attached hydrogen (secondary N) is 1. The van der Waals surface area contributed by atoms with Crippen LogP contribution in [0.25, 0.3) is 33.5 Å². The molecule has 20 heteroatoms. The van der Waals surface area contributed by atoms with Crippen LogP contribution in [0.5, 0.6) is 0 Å². The summed E-state index contributed by atoms with van der Waals surface area (Å²) in [4.78, 5) is 24.5. The normalized spacial score (nSPS) is 20.6. The average Bonchev–Trinajstić information content (AvgIpc) is 4.15. The van der Waals surface area contributed by atoms with E-state index in [2.05, 4.69) is 25.7 Å². The van der Waals surface area contributed by atoms with Crippen LogP contribution in [0.1, 0.15) is 41.6 Å². The van der Waals surface area contributed by atoms with Gasteiger partial charge < -0.3 is 45.4 Å². The molecule has 4 aliphatic heterocycles. The summed E-state index contributed by atoms with van der Waals surface area (Å²) in [7, 11) is 3.74. The number of ether oxygens (including phenoxy) is 5. The van der Waals surface area contributed by atoms with Crippen molar-refractivity contribution in [2.75, 3.05) is 64.1 Å². The summed E-state index contributed by atoms with van der Waals surface area (Å²) >= 11 is 0. The Labute approximate surface area is 355 Å². The molecule has 20 nitrogen and oxygen atoms in total. The number of carbonyl (C=O) groups is 1. The first-order valence-electron chi connectivity index (χ1n) is 20.7. The molecule has 4 aliphatic rings. The molecule has 1 amide bonds. The van der Waals surface area contributed by atoms with Crippen LogP contribution >= 0.6 is 0 Å². The highest BCUT2D eigenvalue weighted by atomic mass is 16.7. The maximum absolute atomic E-state index is 13.0. The van der Waals surface area contributed by atoms with E-state index in [0.29, 0.717) is 74.6 Å². The van der Waals surface area contributed by atoms with E-state index in [1.54, 1.807) is 54.1 Å². The summed E-state index contributed by atoms with van der Waals surface area (Å²) in [5.74, 6) is -0.898. The number of nitrogens with zero attached hydrogens (tertiary/aromatic N) is 11. The lowest BCUT2D eigenvalue weighted by atomic mass is 9.87. The molecule has 62 heavy (non-hydrogen) atoms. The van der Waals surface area contributed by atoms with Crippen LogP contribution in [0.2, 0.25) is 0 Å². The topological polar surface area (TPSA) is 227 Å². The van der Waals surface area contributed by atoms with Gasteiger partial charge in [-0.2, -0.15) is 29.4 Å². The Balaban J connectivity index is 0.000000156. The molecule has 4 fully saturated rings. The molecule has 7 aromatic rings. The van der Waals surface area contributed by atoms with Crippen molar-refractivity contribution in [3.63, 3.8) is 0 Å². The van der Waals surface area contributed by atoms with Crippen molar-refractivity contribution >= 4 is 29.0 Å². The molecule has 0 radical (unpaired) electrons. The number of piperidine rings is 2. The van der Waals surface area contributed by atoms with Gasteiger partial charge in [0, 0.05) is 99.9 Å². The van der Waals surface area contributed by atoms with Gasteiger partial charge >= 0.3 is 6.09 Å². The summed E-state index contributed by atoms with van der Waals surface area (Å²) in [6.07, 6.45) is 11.8. The maximum atomic E-state index is 13.0. The zero-order chi connectivity index (χ0) is 42.4. The van der Waals surface area contributed by atoms with E-state index < -0.39 is 11.6 Å².